The average molecular weight is 240 g/mol. The van der Waals surface area contributed by atoms with Gasteiger partial charge in [-0.05, 0) is 32.4 Å². The smallest absolute Gasteiger partial charge is 0.0867 e. The van der Waals surface area contributed by atoms with Crippen LogP contribution in [0, 0.1) is 13.8 Å². The first kappa shape index (κ1) is 13.6. The van der Waals surface area contributed by atoms with E-state index in [-0.39, 0.29) is 6.10 Å². The van der Waals surface area contributed by atoms with Crippen molar-refractivity contribution in [2.24, 2.45) is 0 Å². The van der Waals surface area contributed by atoms with Crippen molar-refractivity contribution in [3.63, 3.8) is 0 Å². The molecule has 1 rings (SSSR count). The van der Waals surface area contributed by atoms with Gasteiger partial charge in [0.05, 0.1) is 12.7 Å². The molecule has 3 heteroatoms. The van der Waals surface area contributed by atoms with Gasteiger partial charge in [0.15, 0.2) is 0 Å². The summed E-state index contributed by atoms with van der Waals surface area (Å²) in [7, 11) is 0. The third-order valence-electron chi connectivity index (χ3n) is 2.28. The molecule has 1 N–H and O–H groups in total. The maximum absolute atomic E-state index is 9.64. The second-order valence-electron chi connectivity index (χ2n) is 3.89. The lowest BCUT2D eigenvalue weighted by atomic mass is 10.2. The van der Waals surface area contributed by atoms with Crippen molar-refractivity contribution in [2.75, 3.05) is 19.0 Å². The molecule has 2 nitrogen and oxygen atoms in total. The van der Waals surface area contributed by atoms with Crippen molar-refractivity contribution < 1.29 is 9.84 Å². The highest BCUT2D eigenvalue weighted by Gasteiger charge is 2.06. The predicted octanol–water partition coefficient (Wildman–Crippen LogP) is 2.79. The number of thioether (sulfide) groups is 1. The molecule has 0 aliphatic heterocycles. The van der Waals surface area contributed by atoms with Gasteiger partial charge in [-0.1, -0.05) is 17.7 Å². The molecule has 0 heterocycles. The van der Waals surface area contributed by atoms with Crippen LogP contribution in [0.2, 0.25) is 0 Å². The molecule has 0 radical (unpaired) electrons. The summed E-state index contributed by atoms with van der Waals surface area (Å²) in [6.07, 6.45) is -0.384. The van der Waals surface area contributed by atoms with Gasteiger partial charge in [0.2, 0.25) is 0 Å². The Hall–Kier alpha value is -0.510. The van der Waals surface area contributed by atoms with Crippen LogP contribution in [0.25, 0.3) is 0 Å². The molecule has 0 bridgehead atoms. The number of hydrogen-bond donors (Lipinski definition) is 1. The predicted molar refractivity (Wildman–Crippen MR) is 69.1 cm³/mol. The minimum Gasteiger partial charge on any atom is -0.390 e. The summed E-state index contributed by atoms with van der Waals surface area (Å²) in [5.41, 5.74) is 2.55. The van der Waals surface area contributed by atoms with Gasteiger partial charge in [0.1, 0.15) is 0 Å². The zero-order valence-corrected chi connectivity index (χ0v) is 11.0. The molecule has 0 aromatic heterocycles. The first-order chi connectivity index (χ1) is 7.63. The third kappa shape index (κ3) is 4.56. The fourth-order valence-electron chi connectivity index (χ4n) is 1.45. The van der Waals surface area contributed by atoms with Crippen molar-refractivity contribution in [1.29, 1.82) is 0 Å². The van der Waals surface area contributed by atoms with Gasteiger partial charge in [-0.3, -0.25) is 0 Å². The van der Waals surface area contributed by atoms with E-state index in [1.807, 2.05) is 6.92 Å². The van der Waals surface area contributed by atoms with Gasteiger partial charge in [-0.15, -0.1) is 11.8 Å². The van der Waals surface area contributed by atoms with E-state index in [1.165, 1.54) is 16.0 Å². The molecule has 0 fully saturated rings. The third-order valence-corrected chi connectivity index (χ3v) is 3.60. The summed E-state index contributed by atoms with van der Waals surface area (Å²) >= 11 is 1.68. The van der Waals surface area contributed by atoms with E-state index in [1.54, 1.807) is 11.8 Å². The molecule has 16 heavy (non-hydrogen) atoms. The summed E-state index contributed by atoms with van der Waals surface area (Å²) < 4.78 is 5.17. The van der Waals surface area contributed by atoms with Gasteiger partial charge in [-0.25, -0.2) is 0 Å². The van der Waals surface area contributed by atoms with E-state index in [0.29, 0.717) is 19.0 Å². The molecule has 0 spiro atoms. The maximum atomic E-state index is 9.64. The Morgan fingerprint density at radius 3 is 2.75 bits per heavy atom. The highest BCUT2D eigenvalue weighted by atomic mass is 32.2. The summed E-state index contributed by atoms with van der Waals surface area (Å²) in [4.78, 5) is 1.24. The second-order valence-corrected chi connectivity index (χ2v) is 4.96. The number of rotatable bonds is 6. The van der Waals surface area contributed by atoms with E-state index in [4.69, 9.17) is 4.74 Å². The molecule has 1 aromatic carbocycles. The first-order valence-corrected chi connectivity index (χ1v) is 6.58. The van der Waals surface area contributed by atoms with Crippen LogP contribution in [-0.2, 0) is 4.74 Å². The molecule has 0 saturated carbocycles. The fraction of sp³-hybridized carbons (Fsp3) is 0.538. The van der Waals surface area contributed by atoms with Crippen molar-refractivity contribution >= 4 is 11.8 Å². The van der Waals surface area contributed by atoms with Gasteiger partial charge in [-0.2, -0.15) is 0 Å². The number of ether oxygens (including phenoxy) is 1. The van der Waals surface area contributed by atoms with Crippen LogP contribution in [-0.4, -0.2) is 30.2 Å². The summed E-state index contributed by atoms with van der Waals surface area (Å²) in [6, 6.07) is 6.38. The first-order valence-electron chi connectivity index (χ1n) is 5.59. The standard InChI is InChI=1S/C13H20O2S/c1-4-15-8-12(14)9-16-13-6-5-10(2)7-11(13)3/h5-7,12,14H,4,8-9H2,1-3H3. The van der Waals surface area contributed by atoms with Crippen molar-refractivity contribution in [1.82, 2.24) is 0 Å². The van der Waals surface area contributed by atoms with Crippen LogP contribution in [0.1, 0.15) is 18.1 Å². The lowest BCUT2D eigenvalue weighted by Crippen LogP contribution is -2.17. The molecule has 1 aromatic rings. The molecular formula is C13H20O2S. The molecule has 90 valence electrons. The second kappa shape index (κ2) is 6.94. The molecule has 0 aliphatic rings. The number of benzene rings is 1. The molecular weight excluding hydrogens is 220 g/mol. The average Bonchev–Trinajstić information content (AvgIpc) is 2.25. The summed E-state index contributed by atoms with van der Waals surface area (Å²) in [5, 5.41) is 9.64. The number of hydrogen-bond acceptors (Lipinski definition) is 3. The van der Waals surface area contributed by atoms with Gasteiger partial charge >= 0.3 is 0 Å². The Morgan fingerprint density at radius 2 is 2.12 bits per heavy atom. The highest BCUT2D eigenvalue weighted by Crippen LogP contribution is 2.23. The monoisotopic (exact) mass is 240 g/mol. The molecule has 1 atom stereocenters. The van der Waals surface area contributed by atoms with Crippen LogP contribution in [0.15, 0.2) is 23.1 Å². The van der Waals surface area contributed by atoms with Crippen molar-refractivity contribution in [2.45, 2.75) is 31.8 Å². The minimum absolute atomic E-state index is 0.384. The largest absolute Gasteiger partial charge is 0.390 e. The Balaban J connectivity index is 2.42. The fourth-order valence-corrected chi connectivity index (χ4v) is 2.37. The highest BCUT2D eigenvalue weighted by molar-refractivity contribution is 7.99. The topological polar surface area (TPSA) is 29.5 Å². The van der Waals surface area contributed by atoms with Crippen LogP contribution >= 0.6 is 11.8 Å². The lowest BCUT2D eigenvalue weighted by Gasteiger charge is -2.11. The zero-order chi connectivity index (χ0) is 12.0. The lowest BCUT2D eigenvalue weighted by molar-refractivity contribution is 0.0551. The van der Waals surface area contributed by atoms with E-state index < -0.39 is 0 Å². The van der Waals surface area contributed by atoms with Gasteiger partial charge < -0.3 is 9.84 Å². The summed E-state index contributed by atoms with van der Waals surface area (Å²) in [5.74, 6) is 0.684. The summed E-state index contributed by atoms with van der Waals surface area (Å²) in [6.45, 7) is 7.21. The minimum atomic E-state index is -0.384. The Labute approximate surface area is 102 Å². The normalized spacial score (nSPS) is 12.8. The van der Waals surface area contributed by atoms with Gasteiger partial charge in [0, 0.05) is 17.3 Å². The van der Waals surface area contributed by atoms with E-state index in [2.05, 4.69) is 32.0 Å². The van der Waals surface area contributed by atoms with E-state index >= 15 is 0 Å². The number of aryl methyl sites for hydroxylation is 2. The Bertz CT molecular complexity index is 326. The van der Waals surface area contributed by atoms with Crippen molar-refractivity contribution in [3.8, 4) is 0 Å². The van der Waals surface area contributed by atoms with Crippen LogP contribution < -0.4 is 0 Å². The molecule has 0 amide bonds. The molecule has 1 unspecified atom stereocenters. The van der Waals surface area contributed by atoms with Crippen LogP contribution in [0.5, 0.6) is 0 Å². The van der Waals surface area contributed by atoms with Crippen LogP contribution in [0.4, 0.5) is 0 Å². The van der Waals surface area contributed by atoms with Crippen LogP contribution in [0.3, 0.4) is 0 Å². The molecule has 0 saturated heterocycles. The van der Waals surface area contributed by atoms with Gasteiger partial charge in [0.25, 0.3) is 0 Å². The number of aliphatic hydroxyl groups is 1. The Kier molecular flexibility index (Phi) is 5.88. The van der Waals surface area contributed by atoms with E-state index in [9.17, 15) is 5.11 Å². The quantitative estimate of drug-likeness (QED) is 0.775. The van der Waals surface area contributed by atoms with E-state index in [0.717, 1.165) is 0 Å². The Morgan fingerprint density at radius 1 is 1.38 bits per heavy atom. The van der Waals surface area contributed by atoms with Crippen molar-refractivity contribution in [3.05, 3.63) is 29.3 Å². The number of aliphatic hydroxyl groups excluding tert-OH is 1. The SMILES string of the molecule is CCOCC(O)CSc1ccc(C)cc1C. The zero-order valence-electron chi connectivity index (χ0n) is 10.2. The maximum Gasteiger partial charge on any atom is 0.0867 e. The molecule has 0 aliphatic carbocycles.